The van der Waals surface area contributed by atoms with Crippen LogP contribution < -0.4 is 0 Å². The van der Waals surface area contributed by atoms with Crippen molar-refractivity contribution >= 4 is 33.8 Å². The first-order valence-corrected chi connectivity index (χ1v) is 11.2. The maximum atomic E-state index is 13.4. The van der Waals surface area contributed by atoms with E-state index >= 15 is 0 Å². The molecule has 1 N–H and O–H groups in total. The van der Waals surface area contributed by atoms with Crippen molar-refractivity contribution in [1.82, 2.24) is 18.9 Å². The number of nitrogens with zero attached hydrogens (tertiary/aromatic N) is 4. The van der Waals surface area contributed by atoms with Crippen LogP contribution in [0.15, 0.2) is 30.3 Å². The van der Waals surface area contributed by atoms with E-state index in [0.29, 0.717) is 6.04 Å². The quantitative estimate of drug-likeness (QED) is 0.599. The number of likely N-dealkylation sites (tertiary alicyclic amines) is 1. The number of para-hydroxylation sites is 1. The average molecular weight is 481 g/mol. The number of piperidine rings is 1. The number of rotatable bonds is 3. The third-order valence-corrected chi connectivity index (χ3v) is 6.36. The number of carbonyl (C=O) groups excluding carboxylic acids is 1. The molecule has 1 aromatic carbocycles. The van der Waals surface area contributed by atoms with Gasteiger partial charge in [-0.3, -0.25) is 4.79 Å². The van der Waals surface area contributed by atoms with E-state index in [1.54, 1.807) is 0 Å². The molecule has 0 atom stereocenters. The number of aromatic nitrogens is 2. The Morgan fingerprint density at radius 1 is 1.09 bits per heavy atom. The van der Waals surface area contributed by atoms with Gasteiger partial charge in [-0.2, -0.15) is 13.2 Å². The van der Waals surface area contributed by atoms with E-state index in [4.69, 9.17) is 9.90 Å². The number of carboxylic acid groups (broad SMARTS) is 1. The lowest BCUT2D eigenvalue weighted by Crippen LogP contribution is -2.45. The predicted octanol–water partition coefficient (Wildman–Crippen LogP) is 4.51. The Labute approximate surface area is 196 Å². The largest absolute Gasteiger partial charge is 0.490 e. The molecule has 0 unspecified atom stereocenters. The minimum absolute atomic E-state index is 0.168. The molecule has 0 bridgehead atoms. The maximum Gasteiger partial charge on any atom is 0.490 e. The molecule has 1 aliphatic rings. The molecule has 1 saturated heterocycles. The number of alkyl halides is 3. The summed E-state index contributed by atoms with van der Waals surface area (Å²) < 4.78 is 36.2. The van der Waals surface area contributed by atoms with E-state index in [1.165, 1.54) is 16.4 Å². The summed E-state index contributed by atoms with van der Waals surface area (Å²) in [6, 6.07) is 11.4. The average Bonchev–Trinajstić information content (AvgIpc) is 3.29. The van der Waals surface area contributed by atoms with Crippen molar-refractivity contribution in [3.8, 4) is 0 Å². The molecule has 3 heterocycles. The van der Waals surface area contributed by atoms with Crippen molar-refractivity contribution in [3.05, 3.63) is 36.0 Å². The monoisotopic (exact) mass is 480 g/mol. The molecule has 1 fully saturated rings. The first kappa shape index (κ1) is 25.6. The highest BCUT2D eigenvalue weighted by molar-refractivity contribution is 6.10. The van der Waals surface area contributed by atoms with Crippen molar-refractivity contribution in [2.45, 2.75) is 44.9 Å². The predicted molar refractivity (Wildman–Crippen MR) is 125 cm³/mol. The number of amides is 1. The second kappa shape index (κ2) is 9.69. The molecule has 0 spiro atoms. The Balaban J connectivity index is 0.000000406. The molecule has 1 aliphatic heterocycles. The van der Waals surface area contributed by atoms with E-state index in [9.17, 15) is 18.0 Å². The van der Waals surface area contributed by atoms with Crippen molar-refractivity contribution in [3.63, 3.8) is 0 Å². The second-order valence-corrected chi connectivity index (χ2v) is 9.09. The summed E-state index contributed by atoms with van der Waals surface area (Å²) in [5, 5.41) is 8.34. The van der Waals surface area contributed by atoms with E-state index < -0.39 is 12.1 Å². The Bertz CT molecular complexity index is 1190. The summed E-state index contributed by atoms with van der Waals surface area (Å²) in [6.07, 6.45) is -2.99. The van der Waals surface area contributed by atoms with Crippen LogP contribution in [0, 0.1) is 0 Å². The maximum absolute atomic E-state index is 13.4. The van der Waals surface area contributed by atoms with Gasteiger partial charge in [0.1, 0.15) is 5.69 Å². The highest BCUT2D eigenvalue weighted by Gasteiger charge is 2.38. The van der Waals surface area contributed by atoms with Gasteiger partial charge in [-0.15, -0.1) is 0 Å². The van der Waals surface area contributed by atoms with Gasteiger partial charge < -0.3 is 24.0 Å². The molecule has 0 saturated carbocycles. The SMILES string of the molecule is CC(C)n1c(C(=O)N2CCC(N(C)C)CC2)cc2c1c1ccccc1n2C.O=C(O)C(F)(F)F. The van der Waals surface area contributed by atoms with Crippen LogP contribution >= 0.6 is 0 Å². The van der Waals surface area contributed by atoms with E-state index in [2.05, 4.69) is 79.4 Å². The van der Waals surface area contributed by atoms with Crippen LogP contribution in [0.25, 0.3) is 21.9 Å². The molecular formula is C24H31F3N4O3. The number of carboxylic acids is 1. The highest BCUT2D eigenvalue weighted by atomic mass is 19.4. The highest BCUT2D eigenvalue weighted by Crippen LogP contribution is 2.34. The summed E-state index contributed by atoms with van der Waals surface area (Å²) in [4.78, 5) is 26.6. The fourth-order valence-corrected chi connectivity index (χ4v) is 4.58. The second-order valence-electron chi connectivity index (χ2n) is 9.09. The molecule has 1 amide bonds. The molecule has 0 aliphatic carbocycles. The Morgan fingerprint density at radius 2 is 1.65 bits per heavy atom. The number of fused-ring (bicyclic) bond motifs is 3. The van der Waals surface area contributed by atoms with Gasteiger partial charge in [0.05, 0.1) is 16.6 Å². The van der Waals surface area contributed by atoms with Crippen LogP contribution in [0.3, 0.4) is 0 Å². The zero-order valence-corrected chi connectivity index (χ0v) is 20.1. The minimum atomic E-state index is -5.08. The third-order valence-electron chi connectivity index (χ3n) is 6.36. The number of halogens is 3. The zero-order chi connectivity index (χ0) is 25.4. The van der Waals surface area contributed by atoms with Crippen LogP contribution in [0.4, 0.5) is 13.2 Å². The van der Waals surface area contributed by atoms with Gasteiger partial charge in [0.25, 0.3) is 5.91 Å². The molecule has 10 heteroatoms. The summed E-state index contributed by atoms with van der Waals surface area (Å²) in [5.74, 6) is -2.59. The molecule has 7 nitrogen and oxygen atoms in total. The molecule has 34 heavy (non-hydrogen) atoms. The topological polar surface area (TPSA) is 70.7 Å². The van der Waals surface area contributed by atoms with Crippen LogP contribution in [-0.2, 0) is 11.8 Å². The molecule has 0 radical (unpaired) electrons. The molecular weight excluding hydrogens is 449 g/mol. The van der Waals surface area contributed by atoms with Gasteiger partial charge >= 0.3 is 12.1 Å². The Morgan fingerprint density at radius 3 is 2.15 bits per heavy atom. The molecule has 186 valence electrons. The lowest BCUT2D eigenvalue weighted by Gasteiger charge is -2.35. The van der Waals surface area contributed by atoms with Crippen molar-refractivity contribution in [1.29, 1.82) is 0 Å². The number of benzene rings is 1. The van der Waals surface area contributed by atoms with Gasteiger partial charge in [-0.05, 0) is 52.9 Å². The fourth-order valence-electron chi connectivity index (χ4n) is 4.58. The van der Waals surface area contributed by atoms with Crippen molar-refractivity contribution in [2.24, 2.45) is 7.05 Å². The number of carbonyl (C=O) groups is 2. The number of hydrogen-bond acceptors (Lipinski definition) is 3. The number of aryl methyl sites for hydroxylation is 1. The smallest absolute Gasteiger partial charge is 0.475 e. The van der Waals surface area contributed by atoms with Crippen LogP contribution in [-0.4, -0.2) is 75.3 Å². The van der Waals surface area contributed by atoms with Gasteiger partial charge in [0.15, 0.2) is 0 Å². The van der Waals surface area contributed by atoms with Gasteiger partial charge in [0.2, 0.25) is 0 Å². The Kier molecular flexibility index (Phi) is 7.30. The molecule has 2 aromatic heterocycles. The first-order valence-electron chi connectivity index (χ1n) is 11.2. The van der Waals surface area contributed by atoms with Crippen molar-refractivity contribution < 1.29 is 27.9 Å². The van der Waals surface area contributed by atoms with Crippen LogP contribution in [0.1, 0.15) is 43.2 Å². The molecule has 4 rings (SSSR count). The van der Waals surface area contributed by atoms with Crippen LogP contribution in [0.5, 0.6) is 0 Å². The van der Waals surface area contributed by atoms with E-state index in [-0.39, 0.29) is 11.9 Å². The fraction of sp³-hybridized carbons (Fsp3) is 0.500. The van der Waals surface area contributed by atoms with Gasteiger partial charge in [-0.25, -0.2) is 4.79 Å². The van der Waals surface area contributed by atoms with Crippen molar-refractivity contribution in [2.75, 3.05) is 27.2 Å². The van der Waals surface area contributed by atoms with E-state index in [1.807, 2.05) is 4.90 Å². The van der Waals surface area contributed by atoms with Gasteiger partial charge in [-0.1, -0.05) is 18.2 Å². The summed E-state index contributed by atoms with van der Waals surface area (Å²) in [5.41, 5.74) is 4.34. The lowest BCUT2D eigenvalue weighted by molar-refractivity contribution is -0.192. The molecule has 3 aromatic rings. The minimum Gasteiger partial charge on any atom is -0.475 e. The zero-order valence-electron chi connectivity index (χ0n) is 20.1. The summed E-state index contributed by atoms with van der Waals surface area (Å²) in [6.45, 7) is 6.00. The number of aliphatic carboxylic acids is 1. The summed E-state index contributed by atoms with van der Waals surface area (Å²) >= 11 is 0. The Hall–Kier alpha value is -3.01. The van der Waals surface area contributed by atoms with E-state index in [0.717, 1.165) is 37.1 Å². The van der Waals surface area contributed by atoms with Gasteiger partial charge in [0, 0.05) is 37.6 Å². The first-order chi connectivity index (χ1) is 15.8. The number of hydrogen-bond donors (Lipinski definition) is 1. The summed E-state index contributed by atoms with van der Waals surface area (Å²) in [7, 11) is 6.35. The third kappa shape index (κ3) is 4.91. The standard InChI is InChI=1S/C22H30N4O.C2HF3O2/c1-15(2)26-20(22(27)25-12-10-16(11-13-25)23(3)4)14-19-21(26)17-8-6-7-9-18(17)24(19)5;3-2(4,5)1(6)7/h6-9,14-16H,10-13H2,1-5H3;(H,6,7). The van der Waals surface area contributed by atoms with Crippen LogP contribution in [0.2, 0.25) is 0 Å². The normalized spacial score (nSPS) is 15.3. The lowest BCUT2D eigenvalue weighted by atomic mass is 10.0.